The predicted octanol–water partition coefficient (Wildman–Crippen LogP) is 6.07. The van der Waals surface area contributed by atoms with Crippen molar-refractivity contribution in [2.24, 2.45) is 16.1 Å². The number of thiophene rings is 1. The Morgan fingerprint density at radius 2 is 1.85 bits per heavy atom. The fourth-order valence-corrected chi connectivity index (χ4v) is 3.80. The minimum Gasteiger partial charge on any atom is -0.185 e. The Labute approximate surface area is 128 Å². The van der Waals surface area contributed by atoms with Crippen molar-refractivity contribution in [3.8, 4) is 0 Å². The molecule has 2 nitrogen and oxygen atoms in total. The minimum atomic E-state index is 0.166. The Morgan fingerprint density at radius 1 is 1.10 bits per heavy atom. The second-order valence-electron chi connectivity index (χ2n) is 5.14. The van der Waals surface area contributed by atoms with E-state index in [0.29, 0.717) is 5.92 Å². The van der Waals surface area contributed by atoms with Crippen LogP contribution in [-0.4, -0.2) is 0 Å². The van der Waals surface area contributed by atoms with Crippen LogP contribution in [0.25, 0.3) is 0 Å². The van der Waals surface area contributed by atoms with Gasteiger partial charge in [0.05, 0.1) is 0 Å². The molecule has 2 heterocycles. The number of halogens is 1. The number of nitrogens with zero attached hydrogens (tertiary/aromatic N) is 2. The molecule has 1 aromatic carbocycles. The molecule has 3 atom stereocenters. The van der Waals surface area contributed by atoms with Crippen LogP contribution in [0.2, 0.25) is 5.02 Å². The van der Waals surface area contributed by atoms with Gasteiger partial charge in [-0.15, -0.1) is 11.3 Å². The molecule has 0 radical (unpaired) electrons. The lowest BCUT2D eigenvalue weighted by atomic mass is 9.85. The Balaban J connectivity index is 1.88. The van der Waals surface area contributed by atoms with Crippen molar-refractivity contribution in [1.29, 1.82) is 0 Å². The van der Waals surface area contributed by atoms with E-state index in [4.69, 9.17) is 11.6 Å². The second kappa shape index (κ2) is 6.06. The Bertz CT molecular complexity index is 577. The SMILES string of the molecule is CCCC1C(c2ccc(Cl)cc2)N=NC1c1cccs1. The zero-order valence-electron chi connectivity index (χ0n) is 11.4. The first-order chi connectivity index (χ1) is 9.79. The predicted molar refractivity (Wildman–Crippen MR) is 84.5 cm³/mol. The van der Waals surface area contributed by atoms with Gasteiger partial charge in [-0.05, 0) is 35.6 Å². The molecule has 1 aliphatic rings. The molecule has 0 N–H and O–H groups in total. The van der Waals surface area contributed by atoms with Crippen LogP contribution in [0.1, 0.15) is 42.3 Å². The summed E-state index contributed by atoms with van der Waals surface area (Å²) >= 11 is 7.75. The van der Waals surface area contributed by atoms with Crippen molar-refractivity contribution in [3.63, 3.8) is 0 Å². The van der Waals surface area contributed by atoms with Crippen LogP contribution in [-0.2, 0) is 0 Å². The summed E-state index contributed by atoms with van der Waals surface area (Å²) in [5, 5.41) is 12.0. The zero-order valence-corrected chi connectivity index (χ0v) is 12.9. The Kier molecular flexibility index (Phi) is 4.18. The first-order valence-corrected chi connectivity index (χ1v) is 8.24. The van der Waals surface area contributed by atoms with E-state index in [1.165, 1.54) is 10.4 Å². The first kappa shape index (κ1) is 13.8. The third-order valence-corrected chi connectivity index (χ3v) is 4.99. The highest BCUT2D eigenvalue weighted by atomic mass is 35.5. The maximum atomic E-state index is 5.97. The van der Waals surface area contributed by atoms with Gasteiger partial charge in [0.15, 0.2) is 0 Å². The lowest BCUT2D eigenvalue weighted by Gasteiger charge is -2.21. The summed E-state index contributed by atoms with van der Waals surface area (Å²) in [5.41, 5.74) is 1.22. The van der Waals surface area contributed by atoms with Crippen molar-refractivity contribution in [1.82, 2.24) is 0 Å². The Hall–Kier alpha value is -1.19. The molecule has 4 heteroatoms. The highest BCUT2D eigenvalue weighted by molar-refractivity contribution is 7.10. The van der Waals surface area contributed by atoms with Crippen molar-refractivity contribution in [2.45, 2.75) is 31.8 Å². The standard InChI is InChI=1S/C16H17ClN2S/c1-2-4-13-15(11-6-8-12(17)9-7-11)18-19-16(13)14-5-3-10-20-14/h3,5-10,13,15-16H,2,4H2,1H3. The summed E-state index contributed by atoms with van der Waals surface area (Å²) in [4.78, 5) is 1.32. The van der Waals surface area contributed by atoms with Crippen LogP contribution in [0.4, 0.5) is 0 Å². The van der Waals surface area contributed by atoms with Gasteiger partial charge in [-0.2, -0.15) is 10.2 Å². The van der Waals surface area contributed by atoms with E-state index in [1.807, 2.05) is 12.1 Å². The fourth-order valence-electron chi connectivity index (χ4n) is 2.84. The van der Waals surface area contributed by atoms with E-state index >= 15 is 0 Å². The van der Waals surface area contributed by atoms with Crippen molar-refractivity contribution < 1.29 is 0 Å². The van der Waals surface area contributed by atoms with E-state index in [-0.39, 0.29) is 12.1 Å². The van der Waals surface area contributed by atoms with Crippen LogP contribution in [0.15, 0.2) is 52.0 Å². The molecule has 1 aliphatic heterocycles. The van der Waals surface area contributed by atoms with Crippen LogP contribution < -0.4 is 0 Å². The highest BCUT2D eigenvalue weighted by Gasteiger charge is 2.36. The summed E-state index contributed by atoms with van der Waals surface area (Å²) in [5.74, 6) is 0.458. The average molecular weight is 305 g/mol. The van der Waals surface area contributed by atoms with E-state index in [1.54, 1.807) is 11.3 Å². The molecule has 0 spiro atoms. The topological polar surface area (TPSA) is 24.7 Å². The van der Waals surface area contributed by atoms with Crippen LogP contribution >= 0.6 is 22.9 Å². The molecule has 1 aromatic heterocycles. The molecule has 0 fully saturated rings. The monoisotopic (exact) mass is 304 g/mol. The number of azo groups is 1. The molecule has 0 saturated carbocycles. The van der Waals surface area contributed by atoms with Gasteiger partial charge in [-0.3, -0.25) is 0 Å². The quantitative estimate of drug-likeness (QED) is 0.655. The van der Waals surface area contributed by atoms with E-state index in [2.05, 4.69) is 46.8 Å². The average Bonchev–Trinajstić information content (AvgIpc) is 3.09. The summed E-state index contributed by atoms with van der Waals surface area (Å²) in [7, 11) is 0. The van der Waals surface area contributed by atoms with Crippen molar-refractivity contribution >= 4 is 22.9 Å². The summed E-state index contributed by atoms with van der Waals surface area (Å²) in [6.07, 6.45) is 2.30. The molecule has 0 saturated heterocycles. The van der Waals surface area contributed by atoms with Gasteiger partial charge >= 0.3 is 0 Å². The highest BCUT2D eigenvalue weighted by Crippen LogP contribution is 2.47. The second-order valence-corrected chi connectivity index (χ2v) is 6.56. The molecule has 0 aliphatic carbocycles. The van der Waals surface area contributed by atoms with Crippen LogP contribution in [0.5, 0.6) is 0 Å². The fraction of sp³-hybridized carbons (Fsp3) is 0.375. The Morgan fingerprint density at radius 3 is 2.50 bits per heavy atom. The molecule has 0 bridgehead atoms. The summed E-state index contributed by atoms with van der Waals surface area (Å²) in [6.45, 7) is 2.22. The maximum absolute atomic E-state index is 5.97. The number of benzene rings is 1. The van der Waals surface area contributed by atoms with Crippen LogP contribution in [0.3, 0.4) is 0 Å². The van der Waals surface area contributed by atoms with Gasteiger partial charge in [-0.1, -0.05) is 43.1 Å². The number of hydrogen-bond acceptors (Lipinski definition) is 3. The van der Waals surface area contributed by atoms with Gasteiger partial charge in [0, 0.05) is 15.8 Å². The van der Waals surface area contributed by atoms with E-state index in [0.717, 1.165) is 17.9 Å². The van der Waals surface area contributed by atoms with E-state index < -0.39 is 0 Å². The molecule has 2 aromatic rings. The van der Waals surface area contributed by atoms with E-state index in [9.17, 15) is 0 Å². The van der Waals surface area contributed by atoms with Gasteiger partial charge in [0.2, 0.25) is 0 Å². The third kappa shape index (κ3) is 2.65. The van der Waals surface area contributed by atoms with Gasteiger partial charge < -0.3 is 0 Å². The number of hydrogen-bond donors (Lipinski definition) is 0. The third-order valence-electron chi connectivity index (χ3n) is 3.79. The minimum absolute atomic E-state index is 0.166. The number of rotatable bonds is 4. The zero-order chi connectivity index (χ0) is 13.9. The van der Waals surface area contributed by atoms with Gasteiger partial charge in [0.1, 0.15) is 12.1 Å². The van der Waals surface area contributed by atoms with Crippen LogP contribution in [0, 0.1) is 5.92 Å². The molecule has 0 amide bonds. The summed E-state index contributed by atoms with van der Waals surface area (Å²) in [6, 6.07) is 12.7. The molecule has 3 rings (SSSR count). The maximum Gasteiger partial charge on any atom is 0.110 e. The largest absolute Gasteiger partial charge is 0.185 e. The molecule has 3 unspecified atom stereocenters. The molecule has 104 valence electrons. The first-order valence-electron chi connectivity index (χ1n) is 6.98. The lowest BCUT2D eigenvalue weighted by molar-refractivity contribution is 0.393. The molecular formula is C16H17ClN2S. The smallest absolute Gasteiger partial charge is 0.110 e. The molecule has 20 heavy (non-hydrogen) atoms. The lowest BCUT2D eigenvalue weighted by Crippen LogP contribution is -2.13. The van der Waals surface area contributed by atoms with Gasteiger partial charge in [0.25, 0.3) is 0 Å². The van der Waals surface area contributed by atoms with Gasteiger partial charge in [-0.25, -0.2) is 0 Å². The van der Waals surface area contributed by atoms with Crippen molar-refractivity contribution in [2.75, 3.05) is 0 Å². The molecular weight excluding hydrogens is 288 g/mol. The normalized spacial score (nSPS) is 25.2. The van der Waals surface area contributed by atoms with Crippen molar-refractivity contribution in [3.05, 3.63) is 57.2 Å². The summed E-state index contributed by atoms with van der Waals surface area (Å²) < 4.78 is 0.